The quantitative estimate of drug-likeness (QED) is 0.561. The molecule has 1 saturated carbocycles. The van der Waals surface area contributed by atoms with Crippen LogP contribution in [0.2, 0.25) is 0 Å². The first-order valence-electron chi connectivity index (χ1n) is 11.2. The van der Waals surface area contributed by atoms with E-state index in [1.807, 2.05) is 6.92 Å². The van der Waals surface area contributed by atoms with Gasteiger partial charge in [-0.05, 0) is 49.3 Å². The van der Waals surface area contributed by atoms with Gasteiger partial charge in [0.1, 0.15) is 11.9 Å². The first-order chi connectivity index (χ1) is 15.5. The molecule has 0 amide bonds. The molecule has 0 spiro atoms. The van der Waals surface area contributed by atoms with Crippen LogP contribution in [-0.2, 0) is 9.47 Å². The highest BCUT2D eigenvalue weighted by molar-refractivity contribution is 9.10. The van der Waals surface area contributed by atoms with E-state index < -0.39 is 28.6 Å². The fourth-order valence-electron chi connectivity index (χ4n) is 5.92. The Morgan fingerprint density at radius 1 is 1.21 bits per heavy atom. The van der Waals surface area contributed by atoms with Crippen molar-refractivity contribution in [2.45, 2.75) is 58.8 Å². The summed E-state index contributed by atoms with van der Waals surface area (Å²) in [5.74, 6) is -1.47. The molecule has 172 valence electrons. The molecule has 2 bridgehead atoms. The maximum atomic E-state index is 10.6. The Morgan fingerprint density at radius 3 is 2.48 bits per heavy atom. The normalized spacial score (nSPS) is 34.2. The minimum Gasteiger partial charge on any atom is -0.493 e. The molecule has 7 nitrogen and oxygen atoms in total. The molecular formula is C25H27BrN4O3. The standard InChI is InChI=1S/C25H27BrN4O3/c1-5-31-18-7-6-16(26)11-17(18)20-23(12-27,13-28)24(14-29)19-10-15(22(2,3)4)8-9-25(19,32-20)33-21(24)30/h6-7,11,15,19-20,30H,5,8-10H2,1-4H3. The number of benzene rings is 1. The molecule has 0 radical (unpaired) electrons. The summed E-state index contributed by atoms with van der Waals surface area (Å²) in [6, 6.07) is 11.8. The van der Waals surface area contributed by atoms with Crippen molar-refractivity contribution < 1.29 is 14.2 Å². The van der Waals surface area contributed by atoms with E-state index in [0.29, 0.717) is 30.8 Å². The maximum absolute atomic E-state index is 10.6. The maximum Gasteiger partial charge on any atom is 0.217 e. The number of rotatable bonds is 3. The summed E-state index contributed by atoms with van der Waals surface area (Å²) in [5, 5.41) is 40.4. The van der Waals surface area contributed by atoms with Gasteiger partial charge < -0.3 is 14.2 Å². The van der Waals surface area contributed by atoms with Gasteiger partial charge in [0.15, 0.2) is 5.41 Å². The molecule has 1 aromatic carbocycles. The van der Waals surface area contributed by atoms with Crippen LogP contribution in [0.15, 0.2) is 22.7 Å². The molecule has 5 unspecified atom stereocenters. The zero-order chi connectivity index (χ0) is 24.2. The minimum absolute atomic E-state index is 0.0366. The molecule has 0 aromatic heterocycles. The van der Waals surface area contributed by atoms with Gasteiger partial charge in [0.25, 0.3) is 0 Å². The van der Waals surface area contributed by atoms with Crippen molar-refractivity contribution in [1.82, 2.24) is 0 Å². The van der Waals surface area contributed by atoms with Gasteiger partial charge in [-0.15, -0.1) is 0 Å². The molecule has 33 heavy (non-hydrogen) atoms. The average molecular weight is 511 g/mol. The predicted octanol–water partition coefficient (Wildman–Crippen LogP) is 5.63. The van der Waals surface area contributed by atoms with Crippen molar-refractivity contribution in [1.29, 1.82) is 21.2 Å². The van der Waals surface area contributed by atoms with Crippen LogP contribution in [-0.4, -0.2) is 18.3 Å². The van der Waals surface area contributed by atoms with E-state index in [4.69, 9.17) is 19.6 Å². The lowest BCUT2D eigenvalue weighted by molar-refractivity contribution is -0.301. The number of nitrogens with zero attached hydrogens (tertiary/aromatic N) is 3. The van der Waals surface area contributed by atoms with Crippen molar-refractivity contribution >= 4 is 21.8 Å². The Labute approximate surface area is 202 Å². The van der Waals surface area contributed by atoms with Crippen LogP contribution in [0.4, 0.5) is 0 Å². The van der Waals surface area contributed by atoms with Crippen molar-refractivity contribution in [2.24, 2.45) is 28.1 Å². The zero-order valence-electron chi connectivity index (χ0n) is 19.2. The first kappa shape index (κ1) is 23.6. The smallest absolute Gasteiger partial charge is 0.217 e. The van der Waals surface area contributed by atoms with Gasteiger partial charge in [0.2, 0.25) is 17.1 Å². The van der Waals surface area contributed by atoms with E-state index >= 15 is 0 Å². The lowest BCUT2D eigenvalue weighted by Gasteiger charge is -2.54. The van der Waals surface area contributed by atoms with E-state index in [9.17, 15) is 15.8 Å². The number of nitrogens with one attached hydrogen (secondary N) is 1. The minimum atomic E-state index is -1.99. The Hall–Kier alpha value is -2.60. The molecule has 1 N–H and O–H groups in total. The molecule has 1 aliphatic carbocycles. The molecule has 2 saturated heterocycles. The van der Waals surface area contributed by atoms with Gasteiger partial charge in [-0.25, -0.2) is 0 Å². The van der Waals surface area contributed by atoms with Crippen LogP contribution in [0.5, 0.6) is 5.75 Å². The number of nitriles is 3. The summed E-state index contributed by atoms with van der Waals surface area (Å²) in [5.41, 5.74) is -3.29. The van der Waals surface area contributed by atoms with Gasteiger partial charge in [0, 0.05) is 16.5 Å². The largest absolute Gasteiger partial charge is 0.493 e. The Morgan fingerprint density at radius 2 is 1.91 bits per heavy atom. The first-order valence-corrected chi connectivity index (χ1v) is 12.0. The molecule has 3 fully saturated rings. The predicted molar refractivity (Wildman–Crippen MR) is 123 cm³/mol. The number of hydrogen-bond donors (Lipinski definition) is 1. The van der Waals surface area contributed by atoms with Crippen molar-refractivity contribution in [3.63, 3.8) is 0 Å². The summed E-state index contributed by atoms with van der Waals surface area (Å²) < 4.78 is 19.2. The van der Waals surface area contributed by atoms with E-state index in [0.717, 1.165) is 10.9 Å². The van der Waals surface area contributed by atoms with Crippen molar-refractivity contribution in [3.8, 4) is 24.0 Å². The SMILES string of the molecule is CCOc1ccc(Br)cc1C1OC23CCC(C(C)(C)C)CC2C(C#N)(C(=N)O3)C1(C#N)C#N. The van der Waals surface area contributed by atoms with Gasteiger partial charge in [-0.2, -0.15) is 15.8 Å². The monoisotopic (exact) mass is 510 g/mol. The van der Waals surface area contributed by atoms with E-state index in [1.165, 1.54) is 0 Å². The highest BCUT2D eigenvalue weighted by Crippen LogP contribution is 2.71. The van der Waals surface area contributed by atoms with Crippen LogP contribution >= 0.6 is 15.9 Å². The average Bonchev–Trinajstić information content (AvgIpc) is 2.98. The van der Waals surface area contributed by atoms with Crippen LogP contribution < -0.4 is 4.74 Å². The Bertz CT molecular complexity index is 1110. The van der Waals surface area contributed by atoms with E-state index in [1.54, 1.807) is 18.2 Å². The molecule has 4 rings (SSSR count). The topological polar surface area (TPSA) is 123 Å². The third-order valence-corrected chi connectivity index (χ3v) is 8.18. The molecule has 3 aliphatic rings. The van der Waals surface area contributed by atoms with Crippen molar-refractivity contribution in [2.75, 3.05) is 6.61 Å². The third kappa shape index (κ3) is 3.03. The number of ether oxygens (including phenoxy) is 3. The molecular weight excluding hydrogens is 484 g/mol. The van der Waals surface area contributed by atoms with Crippen molar-refractivity contribution in [3.05, 3.63) is 28.2 Å². The second-order valence-electron chi connectivity index (χ2n) is 10.2. The van der Waals surface area contributed by atoms with Crippen LogP contribution in [0, 0.1) is 67.5 Å². The fourth-order valence-corrected chi connectivity index (χ4v) is 6.29. The molecule has 2 aliphatic heterocycles. The van der Waals surface area contributed by atoms with Gasteiger partial charge >= 0.3 is 0 Å². The third-order valence-electron chi connectivity index (χ3n) is 7.69. The summed E-state index contributed by atoms with van der Waals surface area (Å²) in [7, 11) is 0. The summed E-state index contributed by atoms with van der Waals surface area (Å²) in [6.07, 6.45) is 0.683. The number of halogens is 1. The highest BCUT2D eigenvalue weighted by atomic mass is 79.9. The second-order valence-corrected chi connectivity index (χ2v) is 11.1. The lowest BCUT2D eigenvalue weighted by Crippen LogP contribution is -2.61. The second kappa shape index (κ2) is 7.73. The van der Waals surface area contributed by atoms with Gasteiger partial charge in [-0.3, -0.25) is 5.41 Å². The lowest BCUT2D eigenvalue weighted by atomic mass is 9.49. The van der Waals surface area contributed by atoms with Crippen LogP contribution in [0.3, 0.4) is 0 Å². The molecule has 1 aromatic rings. The summed E-state index contributed by atoms with van der Waals surface area (Å²) in [6.45, 7) is 8.66. The Kier molecular flexibility index (Phi) is 5.51. The summed E-state index contributed by atoms with van der Waals surface area (Å²) >= 11 is 3.47. The van der Waals surface area contributed by atoms with Crippen LogP contribution in [0.25, 0.3) is 0 Å². The zero-order valence-corrected chi connectivity index (χ0v) is 20.8. The highest BCUT2D eigenvalue weighted by Gasteiger charge is 2.81. The Balaban J connectivity index is 1.97. The van der Waals surface area contributed by atoms with Crippen LogP contribution in [0.1, 0.15) is 58.6 Å². The van der Waals surface area contributed by atoms with E-state index in [-0.39, 0.29) is 17.2 Å². The molecule has 5 atom stereocenters. The number of hydrogen-bond acceptors (Lipinski definition) is 7. The van der Waals surface area contributed by atoms with E-state index in [2.05, 4.69) is 54.9 Å². The van der Waals surface area contributed by atoms with Gasteiger partial charge in [0.05, 0.1) is 30.7 Å². The fraction of sp³-hybridized carbons (Fsp3) is 0.600. The molecule has 2 heterocycles. The molecule has 8 heteroatoms. The van der Waals surface area contributed by atoms with Gasteiger partial charge in [-0.1, -0.05) is 36.7 Å². The summed E-state index contributed by atoms with van der Waals surface area (Å²) in [4.78, 5) is 0.